The van der Waals surface area contributed by atoms with E-state index in [2.05, 4.69) is 0 Å². The molecule has 1 aromatic rings. The summed E-state index contributed by atoms with van der Waals surface area (Å²) in [5.74, 6) is -0.985. The first-order valence-electron chi connectivity index (χ1n) is 5.47. The van der Waals surface area contributed by atoms with E-state index in [0.29, 0.717) is 12.8 Å². The predicted octanol–water partition coefficient (Wildman–Crippen LogP) is 2.78. The summed E-state index contributed by atoms with van der Waals surface area (Å²) in [6.07, 6.45) is 0.924. The summed E-state index contributed by atoms with van der Waals surface area (Å²) in [5.41, 5.74) is 0.202. The number of rotatable bonds is 6. The third-order valence-electron chi connectivity index (χ3n) is 2.36. The summed E-state index contributed by atoms with van der Waals surface area (Å²) in [4.78, 5) is 22.9. The predicted molar refractivity (Wildman–Crippen MR) is 61.8 cm³/mol. The van der Waals surface area contributed by atoms with Crippen LogP contribution in [-0.2, 0) is 4.79 Å². The van der Waals surface area contributed by atoms with Gasteiger partial charge in [-0.1, -0.05) is 6.92 Å². The van der Waals surface area contributed by atoms with Crippen LogP contribution in [0.4, 0.5) is 4.39 Å². The normalized spacial score (nSPS) is 10.1. The fourth-order valence-corrected chi connectivity index (χ4v) is 1.49. The zero-order chi connectivity index (χ0) is 12.8. The van der Waals surface area contributed by atoms with Gasteiger partial charge in [0.05, 0.1) is 13.5 Å². The Bertz CT molecular complexity index is 427. The zero-order valence-electron chi connectivity index (χ0n) is 9.96. The number of hydrogen-bond acceptors (Lipinski definition) is 3. The number of ether oxygens (including phenoxy) is 1. The highest BCUT2D eigenvalue weighted by Crippen LogP contribution is 2.18. The third-order valence-corrected chi connectivity index (χ3v) is 2.36. The lowest BCUT2D eigenvalue weighted by atomic mass is 10.0. The fourth-order valence-electron chi connectivity index (χ4n) is 1.49. The Morgan fingerprint density at radius 1 is 1.35 bits per heavy atom. The van der Waals surface area contributed by atoms with Crippen molar-refractivity contribution < 1.29 is 18.7 Å². The Labute approximate surface area is 99.6 Å². The average molecular weight is 238 g/mol. The minimum absolute atomic E-state index is 0.0847. The van der Waals surface area contributed by atoms with Gasteiger partial charge in [0.25, 0.3) is 0 Å². The SMILES string of the molecule is CCCC(=O)CC(=O)c1ccc(OC)c(F)c1. The van der Waals surface area contributed by atoms with Crippen molar-refractivity contribution in [2.75, 3.05) is 7.11 Å². The molecule has 1 rings (SSSR count). The molecule has 0 amide bonds. The molecule has 0 saturated carbocycles. The van der Waals surface area contributed by atoms with Crippen molar-refractivity contribution in [2.45, 2.75) is 26.2 Å². The van der Waals surface area contributed by atoms with Crippen molar-refractivity contribution >= 4 is 11.6 Å². The molecule has 0 saturated heterocycles. The average Bonchev–Trinajstić information content (AvgIpc) is 2.29. The Morgan fingerprint density at radius 3 is 2.59 bits per heavy atom. The van der Waals surface area contributed by atoms with E-state index < -0.39 is 5.82 Å². The standard InChI is InChI=1S/C13H15FO3/c1-3-4-10(15)8-12(16)9-5-6-13(17-2)11(14)7-9/h5-7H,3-4,8H2,1-2H3. The maximum absolute atomic E-state index is 13.3. The summed E-state index contributed by atoms with van der Waals surface area (Å²) >= 11 is 0. The van der Waals surface area contributed by atoms with Crippen LogP contribution < -0.4 is 4.74 Å². The highest BCUT2D eigenvalue weighted by atomic mass is 19.1. The number of carbonyl (C=O) groups is 2. The molecule has 4 heteroatoms. The van der Waals surface area contributed by atoms with E-state index in [9.17, 15) is 14.0 Å². The first-order valence-corrected chi connectivity index (χ1v) is 5.47. The van der Waals surface area contributed by atoms with E-state index in [1.54, 1.807) is 0 Å². The zero-order valence-corrected chi connectivity index (χ0v) is 9.96. The van der Waals surface area contributed by atoms with E-state index in [-0.39, 0.29) is 29.3 Å². The van der Waals surface area contributed by atoms with Crippen molar-refractivity contribution in [2.24, 2.45) is 0 Å². The first kappa shape index (κ1) is 13.4. The largest absolute Gasteiger partial charge is 0.494 e. The maximum Gasteiger partial charge on any atom is 0.170 e. The van der Waals surface area contributed by atoms with Gasteiger partial charge in [-0.2, -0.15) is 0 Å². The van der Waals surface area contributed by atoms with E-state index >= 15 is 0 Å². The minimum atomic E-state index is -0.596. The smallest absolute Gasteiger partial charge is 0.170 e. The maximum atomic E-state index is 13.3. The van der Waals surface area contributed by atoms with Gasteiger partial charge in [-0.15, -0.1) is 0 Å². The van der Waals surface area contributed by atoms with Gasteiger partial charge in [-0.05, 0) is 24.6 Å². The van der Waals surface area contributed by atoms with Gasteiger partial charge in [0, 0.05) is 12.0 Å². The molecular weight excluding hydrogens is 223 g/mol. The van der Waals surface area contributed by atoms with Crippen LogP contribution in [0.3, 0.4) is 0 Å². The van der Waals surface area contributed by atoms with Crippen LogP contribution in [0, 0.1) is 5.82 Å². The summed E-state index contributed by atoms with van der Waals surface area (Å²) in [6.45, 7) is 1.87. The van der Waals surface area contributed by atoms with Crippen molar-refractivity contribution in [3.05, 3.63) is 29.6 Å². The molecule has 0 spiro atoms. The second-order valence-electron chi connectivity index (χ2n) is 3.74. The number of ketones is 2. The molecule has 0 N–H and O–H groups in total. The molecule has 0 aliphatic carbocycles. The van der Waals surface area contributed by atoms with Gasteiger partial charge < -0.3 is 4.74 Å². The number of carbonyl (C=O) groups excluding carboxylic acids is 2. The molecule has 17 heavy (non-hydrogen) atoms. The van der Waals surface area contributed by atoms with Gasteiger partial charge >= 0.3 is 0 Å². The van der Waals surface area contributed by atoms with Crippen LogP contribution in [-0.4, -0.2) is 18.7 Å². The topological polar surface area (TPSA) is 43.4 Å². The number of methoxy groups -OCH3 is 1. The van der Waals surface area contributed by atoms with E-state index in [1.165, 1.54) is 19.2 Å². The molecule has 0 unspecified atom stereocenters. The Morgan fingerprint density at radius 2 is 2.06 bits per heavy atom. The molecule has 0 aliphatic heterocycles. The lowest BCUT2D eigenvalue weighted by Crippen LogP contribution is -2.08. The lowest BCUT2D eigenvalue weighted by Gasteiger charge is -2.04. The second kappa shape index (κ2) is 6.13. The quantitative estimate of drug-likeness (QED) is 0.565. The van der Waals surface area contributed by atoms with Crippen molar-refractivity contribution in [1.29, 1.82) is 0 Å². The van der Waals surface area contributed by atoms with Crippen LogP contribution in [0.1, 0.15) is 36.5 Å². The van der Waals surface area contributed by atoms with Crippen molar-refractivity contribution in [3.8, 4) is 5.75 Å². The van der Waals surface area contributed by atoms with Crippen LogP contribution in [0.15, 0.2) is 18.2 Å². The second-order valence-corrected chi connectivity index (χ2v) is 3.74. The van der Waals surface area contributed by atoms with E-state index in [0.717, 1.165) is 6.07 Å². The molecule has 1 aromatic carbocycles. The van der Waals surface area contributed by atoms with Crippen LogP contribution in [0.2, 0.25) is 0 Å². The molecule has 0 aromatic heterocycles. The van der Waals surface area contributed by atoms with Crippen LogP contribution >= 0.6 is 0 Å². The van der Waals surface area contributed by atoms with E-state index in [4.69, 9.17) is 4.74 Å². The van der Waals surface area contributed by atoms with Crippen molar-refractivity contribution in [1.82, 2.24) is 0 Å². The van der Waals surface area contributed by atoms with Gasteiger partial charge in [0.1, 0.15) is 5.78 Å². The number of hydrogen-bond donors (Lipinski definition) is 0. The van der Waals surface area contributed by atoms with Gasteiger partial charge in [-0.25, -0.2) is 4.39 Å². The third kappa shape index (κ3) is 3.66. The molecule has 0 bridgehead atoms. The van der Waals surface area contributed by atoms with Gasteiger partial charge in [0.15, 0.2) is 17.3 Å². The number of Topliss-reactive ketones (excluding diaryl/α,β-unsaturated/α-hetero) is 2. The summed E-state index contributed by atoms with van der Waals surface area (Å²) in [7, 11) is 1.35. The molecular formula is C13H15FO3. The van der Waals surface area contributed by atoms with Crippen LogP contribution in [0.5, 0.6) is 5.75 Å². The molecule has 0 radical (unpaired) electrons. The van der Waals surface area contributed by atoms with Crippen LogP contribution in [0.25, 0.3) is 0 Å². The highest BCUT2D eigenvalue weighted by molar-refractivity contribution is 6.07. The van der Waals surface area contributed by atoms with Gasteiger partial charge in [-0.3, -0.25) is 9.59 Å². The minimum Gasteiger partial charge on any atom is -0.494 e. The summed E-state index contributed by atoms with van der Waals surface area (Å²) in [6, 6.07) is 3.94. The lowest BCUT2D eigenvalue weighted by molar-refractivity contribution is -0.118. The molecule has 0 heterocycles. The monoisotopic (exact) mass is 238 g/mol. The van der Waals surface area contributed by atoms with Crippen molar-refractivity contribution in [3.63, 3.8) is 0 Å². The summed E-state index contributed by atoms with van der Waals surface area (Å²) < 4.78 is 18.1. The Kier molecular flexibility index (Phi) is 4.82. The highest BCUT2D eigenvalue weighted by Gasteiger charge is 2.13. The molecule has 92 valence electrons. The molecule has 0 fully saturated rings. The number of benzene rings is 1. The van der Waals surface area contributed by atoms with Gasteiger partial charge in [0.2, 0.25) is 0 Å². The fraction of sp³-hybridized carbons (Fsp3) is 0.385. The molecule has 3 nitrogen and oxygen atoms in total. The first-order chi connectivity index (χ1) is 8.08. The Hall–Kier alpha value is -1.71. The number of halogens is 1. The molecule has 0 aliphatic rings. The molecule has 0 atom stereocenters. The van der Waals surface area contributed by atoms with E-state index in [1.807, 2.05) is 6.92 Å². The Balaban J connectivity index is 2.76. The summed E-state index contributed by atoms with van der Waals surface area (Å²) in [5, 5.41) is 0.